The molecule has 0 atom stereocenters. The van der Waals surface area contributed by atoms with E-state index in [0.717, 1.165) is 33.9 Å². The molecule has 0 bridgehead atoms. The molecule has 34 heavy (non-hydrogen) atoms. The number of anilines is 1. The Labute approximate surface area is 197 Å². The van der Waals surface area contributed by atoms with Gasteiger partial charge in [0.2, 0.25) is 0 Å². The quantitative estimate of drug-likeness (QED) is 0.433. The molecule has 168 valence electrons. The van der Waals surface area contributed by atoms with Crippen LogP contribution in [0.2, 0.25) is 0 Å². The number of nitrogens with one attached hydrogen (secondary N) is 1. The minimum atomic E-state index is -0.455. The fourth-order valence-electron chi connectivity index (χ4n) is 4.11. The van der Waals surface area contributed by atoms with Crippen molar-refractivity contribution in [2.75, 3.05) is 11.9 Å². The van der Waals surface area contributed by atoms with Gasteiger partial charge in [0.25, 0.3) is 17.7 Å². The molecule has 3 amide bonds. The second kappa shape index (κ2) is 7.96. The van der Waals surface area contributed by atoms with Gasteiger partial charge in [-0.3, -0.25) is 24.6 Å². The van der Waals surface area contributed by atoms with Crippen LogP contribution in [0.3, 0.4) is 0 Å². The number of benzene rings is 2. The second-order valence-corrected chi connectivity index (χ2v) is 8.81. The zero-order chi connectivity index (χ0) is 23.2. The van der Waals surface area contributed by atoms with E-state index in [0.29, 0.717) is 17.5 Å². The third-order valence-electron chi connectivity index (χ3n) is 5.84. The van der Waals surface area contributed by atoms with E-state index in [1.54, 1.807) is 12.1 Å². The van der Waals surface area contributed by atoms with Crippen LogP contribution in [0.15, 0.2) is 64.6 Å². The molecule has 0 aliphatic carbocycles. The third kappa shape index (κ3) is 3.46. The van der Waals surface area contributed by atoms with Gasteiger partial charge in [-0.25, -0.2) is 4.98 Å². The zero-order valence-corrected chi connectivity index (χ0v) is 18.6. The van der Waals surface area contributed by atoms with E-state index >= 15 is 0 Å². The Bertz CT molecular complexity index is 1460. The number of furan rings is 1. The molecule has 0 spiro atoms. The van der Waals surface area contributed by atoms with E-state index in [2.05, 4.69) is 16.4 Å². The van der Waals surface area contributed by atoms with E-state index < -0.39 is 17.7 Å². The number of imide groups is 1. The number of aromatic nitrogens is 1. The smallest absolute Gasteiger partial charge is 0.261 e. The fourth-order valence-corrected chi connectivity index (χ4v) is 4.83. The minimum Gasteiger partial charge on any atom is -0.493 e. The molecule has 0 fully saturated rings. The van der Waals surface area contributed by atoms with Gasteiger partial charge >= 0.3 is 0 Å². The van der Waals surface area contributed by atoms with Crippen LogP contribution in [-0.4, -0.2) is 34.2 Å². The predicted octanol–water partition coefficient (Wildman–Crippen LogP) is 4.39. The molecule has 2 aromatic carbocycles. The molecule has 6 rings (SSSR count). The van der Waals surface area contributed by atoms with Crippen LogP contribution >= 0.6 is 11.3 Å². The van der Waals surface area contributed by atoms with Gasteiger partial charge < -0.3 is 9.15 Å². The largest absolute Gasteiger partial charge is 0.493 e. The molecule has 9 heteroatoms. The number of amides is 3. The molecule has 0 radical (unpaired) electrons. The molecule has 8 nitrogen and oxygen atoms in total. The van der Waals surface area contributed by atoms with Crippen molar-refractivity contribution in [3.63, 3.8) is 0 Å². The van der Waals surface area contributed by atoms with Crippen LogP contribution in [0.5, 0.6) is 5.75 Å². The normalized spacial score (nSPS) is 14.2. The van der Waals surface area contributed by atoms with Crippen molar-refractivity contribution in [3.05, 3.63) is 88.2 Å². The minimum absolute atomic E-state index is 0.0393. The van der Waals surface area contributed by atoms with Gasteiger partial charge in [0, 0.05) is 22.9 Å². The van der Waals surface area contributed by atoms with Crippen LogP contribution in [0.25, 0.3) is 11.3 Å². The van der Waals surface area contributed by atoms with Crippen LogP contribution in [0, 0.1) is 0 Å². The van der Waals surface area contributed by atoms with Gasteiger partial charge in [0.1, 0.15) is 11.5 Å². The summed E-state index contributed by atoms with van der Waals surface area (Å²) in [4.78, 5) is 44.0. The van der Waals surface area contributed by atoms with Gasteiger partial charge in [-0.2, -0.15) is 0 Å². The predicted molar refractivity (Wildman–Crippen MR) is 124 cm³/mol. The highest BCUT2D eigenvalue weighted by molar-refractivity contribution is 7.14. The molecule has 0 unspecified atom stereocenters. The van der Waals surface area contributed by atoms with Crippen molar-refractivity contribution in [2.24, 2.45) is 0 Å². The summed E-state index contributed by atoms with van der Waals surface area (Å²) in [6, 6.07) is 13.8. The van der Waals surface area contributed by atoms with Gasteiger partial charge in [0.15, 0.2) is 5.13 Å². The molecule has 0 saturated carbocycles. The first kappa shape index (κ1) is 20.4. The third-order valence-corrected chi connectivity index (χ3v) is 6.59. The van der Waals surface area contributed by atoms with Crippen LogP contribution < -0.4 is 10.1 Å². The molecule has 0 saturated heterocycles. The summed E-state index contributed by atoms with van der Waals surface area (Å²) in [6.45, 7) is 0.726. The average molecular weight is 471 g/mol. The average Bonchev–Trinajstić information content (AvgIpc) is 3.65. The second-order valence-electron chi connectivity index (χ2n) is 7.95. The van der Waals surface area contributed by atoms with E-state index in [1.807, 2.05) is 17.5 Å². The number of ether oxygens (including phenoxy) is 1. The Balaban J connectivity index is 1.19. The van der Waals surface area contributed by atoms with Crippen molar-refractivity contribution < 1.29 is 23.5 Å². The Kier molecular flexibility index (Phi) is 4.77. The summed E-state index contributed by atoms with van der Waals surface area (Å²) in [7, 11) is 0. The Hall–Kier alpha value is -4.24. The topological polar surface area (TPSA) is 102 Å². The SMILES string of the molecule is O=C(Nc1nc(-c2ccc3c(c2)CCO3)cs1)c1ccc2c(c1)C(=O)N(Cc1ccco1)C2=O. The standard InChI is InChI=1S/C25H17N3O5S/c29-22(27-25-26-20(13-34-25)14-4-6-21-15(10-14)7-9-33-21)16-3-5-18-19(11-16)24(31)28(23(18)30)12-17-2-1-8-32-17/h1-6,8,10-11,13H,7,9,12H2,(H,26,27,29). The summed E-state index contributed by atoms with van der Waals surface area (Å²) >= 11 is 1.32. The van der Waals surface area contributed by atoms with Gasteiger partial charge in [-0.05, 0) is 54.1 Å². The Morgan fingerprint density at radius 1 is 1.09 bits per heavy atom. The zero-order valence-electron chi connectivity index (χ0n) is 17.7. The maximum absolute atomic E-state index is 12.9. The number of rotatable bonds is 5. The molecular formula is C25H17N3O5S. The van der Waals surface area contributed by atoms with E-state index in [-0.39, 0.29) is 23.2 Å². The molecule has 4 heterocycles. The number of carbonyl (C=O) groups excluding carboxylic acids is 3. The van der Waals surface area contributed by atoms with E-state index in [1.165, 1.54) is 35.8 Å². The summed E-state index contributed by atoms with van der Waals surface area (Å²) in [5.74, 6) is 0.134. The Morgan fingerprint density at radius 2 is 1.97 bits per heavy atom. The highest BCUT2D eigenvalue weighted by Crippen LogP contribution is 2.32. The monoisotopic (exact) mass is 471 g/mol. The first-order valence-electron chi connectivity index (χ1n) is 10.6. The van der Waals surface area contributed by atoms with E-state index in [9.17, 15) is 14.4 Å². The summed E-state index contributed by atoms with van der Waals surface area (Å²) < 4.78 is 10.8. The van der Waals surface area contributed by atoms with Crippen LogP contribution in [0.4, 0.5) is 5.13 Å². The summed E-state index contributed by atoms with van der Waals surface area (Å²) in [6.07, 6.45) is 2.36. The lowest BCUT2D eigenvalue weighted by atomic mass is 10.1. The molecule has 4 aromatic rings. The molecule has 1 N–H and O–H groups in total. The molecule has 2 aliphatic heterocycles. The lowest BCUT2D eigenvalue weighted by molar-refractivity contribution is 0.0631. The van der Waals surface area contributed by atoms with Crippen molar-refractivity contribution in [2.45, 2.75) is 13.0 Å². The Morgan fingerprint density at radius 3 is 2.82 bits per heavy atom. The lowest BCUT2D eigenvalue weighted by Gasteiger charge is -2.11. The number of nitrogens with zero attached hydrogens (tertiary/aromatic N) is 2. The first-order valence-corrected chi connectivity index (χ1v) is 11.5. The number of fused-ring (bicyclic) bond motifs is 2. The number of hydrogen-bond acceptors (Lipinski definition) is 7. The summed E-state index contributed by atoms with van der Waals surface area (Å²) in [5, 5.41) is 5.11. The number of carbonyl (C=O) groups is 3. The van der Waals surface area contributed by atoms with Crippen molar-refractivity contribution >= 4 is 34.2 Å². The molecule has 2 aromatic heterocycles. The van der Waals surface area contributed by atoms with Crippen molar-refractivity contribution in [1.82, 2.24) is 9.88 Å². The summed E-state index contributed by atoms with van der Waals surface area (Å²) in [5.41, 5.74) is 3.60. The van der Waals surface area contributed by atoms with Gasteiger partial charge in [-0.15, -0.1) is 11.3 Å². The highest BCUT2D eigenvalue weighted by Gasteiger charge is 2.36. The maximum Gasteiger partial charge on any atom is 0.261 e. The van der Waals surface area contributed by atoms with Gasteiger partial charge in [0.05, 0.1) is 36.2 Å². The van der Waals surface area contributed by atoms with E-state index in [4.69, 9.17) is 9.15 Å². The fraction of sp³-hybridized carbons (Fsp3) is 0.120. The molecule has 2 aliphatic rings. The van der Waals surface area contributed by atoms with Crippen molar-refractivity contribution in [3.8, 4) is 17.0 Å². The number of hydrogen-bond donors (Lipinski definition) is 1. The van der Waals surface area contributed by atoms with Crippen LogP contribution in [-0.2, 0) is 13.0 Å². The first-order chi connectivity index (χ1) is 16.6. The highest BCUT2D eigenvalue weighted by atomic mass is 32.1. The maximum atomic E-state index is 12.9. The molecular weight excluding hydrogens is 454 g/mol. The lowest BCUT2D eigenvalue weighted by Crippen LogP contribution is -2.28. The van der Waals surface area contributed by atoms with Crippen LogP contribution in [0.1, 0.15) is 42.4 Å². The number of thiazole rings is 1. The van der Waals surface area contributed by atoms with Gasteiger partial charge in [-0.1, -0.05) is 0 Å². The van der Waals surface area contributed by atoms with Crippen molar-refractivity contribution in [1.29, 1.82) is 0 Å².